The summed E-state index contributed by atoms with van der Waals surface area (Å²) in [4.78, 5) is 24.1. The van der Waals surface area contributed by atoms with Crippen molar-refractivity contribution in [3.05, 3.63) is 0 Å². The molecule has 0 aromatic heterocycles. The zero-order valence-electron chi connectivity index (χ0n) is 9.42. The van der Waals surface area contributed by atoms with Gasteiger partial charge >= 0.3 is 0 Å². The van der Waals surface area contributed by atoms with E-state index in [-0.39, 0.29) is 18.1 Å². The zero-order valence-corrected chi connectivity index (χ0v) is 9.42. The second-order valence-electron chi connectivity index (χ2n) is 4.13. The third kappa shape index (κ3) is 5.52. The number of amides is 1. The fourth-order valence-corrected chi connectivity index (χ4v) is 1.83. The van der Waals surface area contributed by atoms with E-state index in [9.17, 15) is 9.59 Å². The number of nitrogens with zero attached hydrogens (tertiary/aromatic N) is 1. The summed E-state index contributed by atoms with van der Waals surface area (Å²) in [6.45, 7) is 5.57. The van der Waals surface area contributed by atoms with Gasteiger partial charge in [0.25, 0.3) is 0 Å². The maximum absolute atomic E-state index is 11.1. The molecule has 0 bridgehead atoms. The first kappa shape index (κ1) is 12.2. The van der Waals surface area contributed by atoms with Crippen molar-refractivity contribution >= 4 is 11.7 Å². The van der Waals surface area contributed by atoms with E-state index in [4.69, 9.17) is 0 Å². The normalized spacial score (nSPS) is 16.6. The maximum atomic E-state index is 11.1. The van der Waals surface area contributed by atoms with Crippen LogP contribution >= 0.6 is 0 Å². The summed E-state index contributed by atoms with van der Waals surface area (Å²) >= 11 is 0. The summed E-state index contributed by atoms with van der Waals surface area (Å²) in [5.74, 6) is -0.226. The number of hydrogen-bond acceptors (Lipinski definition) is 3. The van der Waals surface area contributed by atoms with Gasteiger partial charge in [-0.3, -0.25) is 9.59 Å². The molecule has 1 amide bonds. The van der Waals surface area contributed by atoms with E-state index in [1.165, 1.54) is 32.9 Å². The molecule has 0 aromatic rings. The van der Waals surface area contributed by atoms with Crippen LogP contribution in [-0.4, -0.2) is 42.8 Å². The number of Topliss-reactive ketones (excluding diaryl/α,β-unsaturated/α-hetero) is 1. The van der Waals surface area contributed by atoms with Crippen LogP contribution in [0.25, 0.3) is 0 Å². The molecule has 0 spiro atoms. The number of likely N-dealkylation sites (tertiary alicyclic amines) is 1. The molecule has 4 nitrogen and oxygen atoms in total. The fourth-order valence-electron chi connectivity index (χ4n) is 1.83. The Kier molecular flexibility index (Phi) is 5.32. The van der Waals surface area contributed by atoms with Gasteiger partial charge < -0.3 is 10.2 Å². The number of carbonyl (C=O) groups is 2. The van der Waals surface area contributed by atoms with Crippen LogP contribution in [0, 0.1) is 0 Å². The molecule has 1 aliphatic rings. The minimum atomic E-state index is -0.149. The van der Waals surface area contributed by atoms with Gasteiger partial charge in [0.2, 0.25) is 5.91 Å². The molecule has 4 heteroatoms. The van der Waals surface area contributed by atoms with E-state index in [0.29, 0.717) is 6.54 Å². The first-order valence-corrected chi connectivity index (χ1v) is 5.67. The summed E-state index contributed by atoms with van der Waals surface area (Å²) in [5.41, 5.74) is 0. The second kappa shape index (κ2) is 6.56. The quantitative estimate of drug-likeness (QED) is 0.517. The molecule has 1 saturated heterocycles. The molecular formula is C11H20N2O2. The van der Waals surface area contributed by atoms with E-state index < -0.39 is 0 Å². The predicted molar refractivity (Wildman–Crippen MR) is 58.6 cm³/mol. The Bertz CT molecular complexity index is 223. The van der Waals surface area contributed by atoms with Crippen LogP contribution in [0.1, 0.15) is 32.6 Å². The van der Waals surface area contributed by atoms with Gasteiger partial charge in [0.1, 0.15) is 5.78 Å². The van der Waals surface area contributed by atoms with E-state index in [1.54, 1.807) is 0 Å². The second-order valence-corrected chi connectivity index (χ2v) is 4.13. The van der Waals surface area contributed by atoms with Crippen LogP contribution in [0.5, 0.6) is 0 Å². The van der Waals surface area contributed by atoms with Gasteiger partial charge in [0.05, 0.1) is 6.42 Å². The molecule has 0 atom stereocenters. The van der Waals surface area contributed by atoms with Crippen molar-refractivity contribution in [2.75, 3.05) is 26.2 Å². The molecule has 1 rings (SSSR count). The third-order valence-corrected chi connectivity index (χ3v) is 2.58. The number of carbonyl (C=O) groups excluding carboxylic acids is 2. The van der Waals surface area contributed by atoms with Crippen molar-refractivity contribution < 1.29 is 9.59 Å². The zero-order chi connectivity index (χ0) is 11.1. The van der Waals surface area contributed by atoms with Crippen molar-refractivity contribution in [3.63, 3.8) is 0 Å². The van der Waals surface area contributed by atoms with E-state index in [0.717, 1.165) is 13.0 Å². The summed E-state index contributed by atoms with van der Waals surface area (Å²) in [6, 6.07) is 0. The van der Waals surface area contributed by atoms with Crippen molar-refractivity contribution in [2.24, 2.45) is 0 Å². The highest BCUT2D eigenvalue weighted by Crippen LogP contribution is 2.06. The predicted octanol–water partition coefficient (Wildman–Crippen LogP) is 0.568. The van der Waals surface area contributed by atoms with Gasteiger partial charge in [-0.25, -0.2) is 0 Å². The SMILES string of the molecule is CC(=O)CC(=O)NCCCN1CCCC1. The highest BCUT2D eigenvalue weighted by Gasteiger charge is 2.10. The van der Waals surface area contributed by atoms with Gasteiger partial charge in [-0.05, 0) is 45.8 Å². The summed E-state index contributed by atoms with van der Waals surface area (Å²) in [5, 5.41) is 2.75. The maximum Gasteiger partial charge on any atom is 0.227 e. The van der Waals surface area contributed by atoms with Gasteiger partial charge in [0.15, 0.2) is 0 Å². The largest absolute Gasteiger partial charge is 0.356 e. The van der Waals surface area contributed by atoms with Crippen LogP contribution in [-0.2, 0) is 9.59 Å². The molecule has 1 fully saturated rings. The summed E-state index contributed by atoms with van der Waals surface area (Å²) in [7, 11) is 0. The molecule has 1 heterocycles. The standard InChI is InChI=1S/C11H20N2O2/c1-10(14)9-11(15)12-5-4-8-13-6-2-3-7-13/h2-9H2,1H3,(H,12,15). The topological polar surface area (TPSA) is 49.4 Å². The summed E-state index contributed by atoms with van der Waals surface area (Å²) in [6.07, 6.45) is 3.60. The van der Waals surface area contributed by atoms with E-state index in [2.05, 4.69) is 10.2 Å². The lowest BCUT2D eigenvalue weighted by Gasteiger charge is -2.14. The summed E-state index contributed by atoms with van der Waals surface area (Å²) < 4.78 is 0. The highest BCUT2D eigenvalue weighted by molar-refractivity contribution is 5.96. The number of nitrogens with one attached hydrogen (secondary N) is 1. The molecular weight excluding hydrogens is 192 g/mol. The molecule has 0 radical (unpaired) electrons. The fraction of sp³-hybridized carbons (Fsp3) is 0.818. The number of ketones is 1. The molecule has 1 N–H and O–H groups in total. The Morgan fingerprint density at radius 3 is 2.53 bits per heavy atom. The smallest absolute Gasteiger partial charge is 0.227 e. The highest BCUT2D eigenvalue weighted by atomic mass is 16.2. The van der Waals surface area contributed by atoms with Crippen molar-refractivity contribution in [2.45, 2.75) is 32.6 Å². The number of rotatable bonds is 6. The van der Waals surface area contributed by atoms with Crippen molar-refractivity contribution in [3.8, 4) is 0 Å². The number of hydrogen-bond donors (Lipinski definition) is 1. The van der Waals surface area contributed by atoms with Crippen LogP contribution in [0.2, 0.25) is 0 Å². The molecule has 86 valence electrons. The molecule has 0 unspecified atom stereocenters. The molecule has 0 aliphatic carbocycles. The first-order valence-electron chi connectivity index (χ1n) is 5.67. The Morgan fingerprint density at radius 1 is 1.27 bits per heavy atom. The lowest BCUT2D eigenvalue weighted by molar-refractivity contribution is -0.127. The lowest BCUT2D eigenvalue weighted by atomic mass is 10.3. The average Bonchev–Trinajstić information content (AvgIpc) is 2.63. The van der Waals surface area contributed by atoms with E-state index >= 15 is 0 Å². The third-order valence-electron chi connectivity index (χ3n) is 2.58. The van der Waals surface area contributed by atoms with Gasteiger partial charge in [-0.2, -0.15) is 0 Å². The average molecular weight is 212 g/mol. The van der Waals surface area contributed by atoms with Crippen LogP contribution < -0.4 is 5.32 Å². The van der Waals surface area contributed by atoms with Gasteiger partial charge in [-0.15, -0.1) is 0 Å². The van der Waals surface area contributed by atoms with Gasteiger partial charge in [-0.1, -0.05) is 0 Å². The van der Waals surface area contributed by atoms with E-state index in [1.807, 2.05) is 0 Å². The van der Waals surface area contributed by atoms with Gasteiger partial charge in [0, 0.05) is 6.54 Å². The molecule has 1 aliphatic heterocycles. The monoisotopic (exact) mass is 212 g/mol. The van der Waals surface area contributed by atoms with Crippen molar-refractivity contribution in [1.82, 2.24) is 10.2 Å². The van der Waals surface area contributed by atoms with Crippen LogP contribution in [0.3, 0.4) is 0 Å². The Balaban J connectivity index is 1.96. The lowest BCUT2D eigenvalue weighted by Crippen LogP contribution is -2.29. The van der Waals surface area contributed by atoms with Crippen LogP contribution in [0.15, 0.2) is 0 Å². The minimum Gasteiger partial charge on any atom is -0.356 e. The molecule has 15 heavy (non-hydrogen) atoms. The minimum absolute atomic E-state index is 0.0176. The Labute approximate surface area is 91.0 Å². The van der Waals surface area contributed by atoms with Crippen molar-refractivity contribution in [1.29, 1.82) is 0 Å². The molecule has 0 saturated carbocycles. The molecule has 0 aromatic carbocycles. The Morgan fingerprint density at radius 2 is 1.93 bits per heavy atom. The van der Waals surface area contributed by atoms with Crippen LogP contribution in [0.4, 0.5) is 0 Å². The first-order chi connectivity index (χ1) is 7.18. The Hall–Kier alpha value is -0.900.